The van der Waals surface area contributed by atoms with Gasteiger partial charge in [0.05, 0.1) is 5.41 Å². The Hall–Kier alpha value is -5.40. The summed E-state index contributed by atoms with van der Waals surface area (Å²) in [6.45, 7) is 0. The fraction of sp³-hybridized carbons (Fsp3) is 0.111. The van der Waals surface area contributed by atoms with Crippen LogP contribution in [0.1, 0.15) is 46.2 Å². The van der Waals surface area contributed by atoms with Gasteiger partial charge in [0.15, 0.2) is 0 Å². The van der Waals surface area contributed by atoms with E-state index in [9.17, 15) is 0 Å². The lowest BCUT2D eigenvalue weighted by Gasteiger charge is -2.39. The Labute approximate surface area is 270 Å². The molecule has 9 rings (SSSR count). The Balaban J connectivity index is 1.09. The Morgan fingerprint density at radius 1 is 0.435 bits per heavy atom. The number of fused-ring (bicyclic) bond motifs is 11. The Morgan fingerprint density at radius 3 is 1.80 bits per heavy atom. The van der Waals surface area contributed by atoms with Crippen molar-refractivity contribution in [2.45, 2.75) is 31.1 Å². The zero-order valence-electron chi connectivity index (χ0n) is 25.7. The van der Waals surface area contributed by atoms with Crippen LogP contribution in [0.25, 0.3) is 33.0 Å². The van der Waals surface area contributed by atoms with Gasteiger partial charge in [0, 0.05) is 11.1 Å². The second-order valence-electron chi connectivity index (χ2n) is 12.7. The number of ether oxygens (including phenoxy) is 1. The molecule has 0 N–H and O–H groups in total. The van der Waals surface area contributed by atoms with Gasteiger partial charge in [-0.2, -0.15) is 0 Å². The summed E-state index contributed by atoms with van der Waals surface area (Å²) in [7, 11) is 0. The normalized spacial score (nSPS) is 13.5. The third-order valence-electron chi connectivity index (χ3n) is 10.1. The van der Waals surface area contributed by atoms with Gasteiger partial charge in [-0.1, -0.05) is 146 Å². The molecule has 220 valence electrons. The van der Waals surface area contributed by atoms with Gasteiger partial charge >= 0.3 is 0 Å². The van der Waals surface area contributed by atoms with E-state index in [1.165, 1.54) is 66.4 Å². The molecule has 7 aromatic rings. The molecule has 0 atom stereocenters. The Morgan fingerprint density at radius 2 is 1.04 bits per heavy atom. The second-order valence-corrected chi connectivity index (χ2v) is 12.7. The first-order chi connectivity index (χ1) is 22.8. The summed E-state index contributed by atoms with van der Waals surface area (Å²) in [4.78, 5) is 0. The lowest BCUT2D eigenvalue weighted by Crippen LogP contribution is -2.32. The molecule has 1 spiro atoms. The molecule has 1 heteroatoms. The summed E-state index contributed by atoms with van der Waals surface area (Å²) < 4.78 is 6.57. The number of hydrogen-bond donors (Lipinski definition) is 0. The second kappa shape index (κ2) is 10.9. The summed E-state index contributed by atoms with van der Waals surface area (Å²) in [6, 6.07) is 57.8. The molecule has 0 fully saturated rings. The van der Waals surface area contributed by atoms with E-state index in [0.29, 0.717) is 0 Å². The molecule has 0 saturated carbocycles. The molecule has 0 aromatic heterocycles. The van der Waals surface area contributed by atoms with E-state index < -0.39 is 5.41 Å². The van der Waals surface area contributed by atoms with E-state index in [1.54, 1.807) is 0 Å². The van der Waals surface area contributed by atoms with Crippen LogP contribution in [0.2, 0.25) is 0 Å². The van der Waals surface area contributed by atoms with Crippen LogP contribution in [0.4, 0.5) is 0 Å². The average molecular weight is 591 g/mol. The summed E-state index contributed by atoms with van der Waals surface area (Å²) in [5.41, 5.74) is 12.8. The molecule has 0 unspecified atom stereocenters. The Bertz CT molecular complexity index is 2180. The number of benzene rings is 7. The van der Waals surface area contributed by atoms with E-state index >= 15 is 0 Å². The third kappa shape index (κ3) is 4.16. The van der Waals surface area contributed by atoms with Crippen molar-refractivity contribution in [3.05, 3.63) is 191 Å². The first kappa shape index (κ1) is 27.0. The van der Waals surface area contributed by atoms with Crippen LogP contribution in [-0.4, -0.2) is 0 Å². The molecule has 0 radical (unpaired) electrons. The molecule has 0 bridgehead atoms. The van der Waals surface area contributed by atoms with Gasteiger partial charge in [-0.15, -0.1) is 0 Å². The fourth-order valence-electron chi connectivity index (χ4n) is 8.02. The van der Waals surface area contributed by atoms with Crippen LogP contribution in [0.5, 0.6) is 11.5 Å². The molecule has 1 heterocycles. The quantitative estimate of drug-likeness (QED) is 0.175. The monoisotopic (exact) mass is 590 g/mol. The van der Waals surface area contributed by atoms with Crippen molar-refractivity contribution >= 4 is 10.8 Å². The molecule has 0 saturated heterocycles. The van der Waals surface area contributed by atoms with Gasteiger partial charge in [0.2, 0.25) is 0 Å². The molecular weight excluding hydrogens is 556 g/mol. The van der Waals surface area contributed by atoms with E-state index in [2.05, 4.69) is 158 Å². The number of rotatable bonds is 6. The lowest BCUT2D eigenvalue weighted by atomic mass is 9.66. The molecule has 1 aliphatic heterocycles. The predicted molar refractivity (Wildman–Crippen MR) is 190 cm³/mol. The first-order valence-corrected chi connectivity index (χ1v) is 16.5. The molecule has 46 heavy (non-hydrogen) atoms. The van der Waals surface area contributed by atoms with Crippen molar-refractivity contribution in [3.8, 4) is 33.8 Å². The highest BCUT2D eigenvalue weighted by molar-refractivity contribution is 6.04. The highest BCUT2D eigenvalue weighted by atomic mass is 16.5. The van der Waals surface area contributed by atoms with Crippen molar-refractivity contribution < 1.29 is 4.74 Å². The van der Waals surface area contributed by atoms with E-state index in [4.69, 9.17) is 4.74 Å². The summed E-state index contributed by atoms with van der Waals surface area (Å²) >= 11 is 0. The summed E-state index contributed by atoms with van der Waals surface area (Å²) in [5.74, 6) is 1.88. The zero-order valence-corrected chi connectivity index (χ0v) is 25.7. The van der Waals surface area contributed by atoms with Crippen LogP contribution in [0, 0.1) is 0 Å². The minimum absolute atomic E-state index is 0.434. The minimum Gasteiger partial charge on any atom is -0.457 e. The highest BCUT2D eigenvalue weighted by Crippen LogP contribution is 2.63. The van der Waals surface area contributed by atoms with E-state index in [-0.39, 0.29) is 0 Å². The van der Waals surface area contributed by atoms with Crippen LogP contribution < -0.4 is 4.74 Å². The largest absolute Gasteiger partial charge is 0.457 e. The van der Waals surface area contributed by atoms with E-state index in [1.807, 2.05) is 0 Å². The minimum atomic E-state index is -0.434. The van der Waals surface area contributed by atoms with Crippen LogP contribution in [0.15, 0.2) is 158 Å². The van der Waals surface area contributed by atoms with Crippen molar-refractivity contribution in [3.63, 3.8) is 0 Å². The fourth-order valence-corrected chi connectivity index (χ4v) is 8.02. The van der Waals surface area contributed by atoms with Gasteiger partial charge in [0.25, 0.3) is 0 Å². The summed E-state index contributed by atoms with van der Waals surface area (Å²) in [6.07, 6.45) is 4.47. The van der Waals surface area contributed by atoms with Gasteiger partial charge < -0.3 is 4.74 Å². The van der Waals surface area contributed by atoms with Crippen LogP contribution in [-0.2, 0) is 18.3 Å². The number of unbranched alkanes of at least 4 members (excludes halogenated alkanes) is 1. The number of para-hydroxylation sites is 2. The van der Waals surface area contributed by atoms with Gasteiger partial charge in [0.1, 0.15) is 11.5 Å². The maximum atomic E-state index is 6.57. The standard InChI is InChI=1S/C45H34O/c1-2-14-33(15-3-1)34-25-22-31(23-26-34)12-4-5-13-32-24-28-37-41(30-32)45(40-29-27-35-16-6-7-17-36(35)44(37)40)38-18-8-10-20-42(38)46-43-21-11-9-19-39(43)45/h1-3,6-11,14-30H,4-5,12-13H2. The van der Waals surface area contributed by atoms with Crippen molar-refractivity contribution in [2.75, 3.05) is 0 Å². The molecule has 1 aliphatic carbocycles. The molecule has 2 aliphatic rings. The summed E-state index contributed by atoms with van der Waals surface area (Å²) in [5, 5.41) is 2.59. The average Bonchev–Trinajstić information content (AvgIpc) is 3.41. The van der Waals surface area contributed by atoms with Gasteiger partial charge in [-0.3, -0.25) is 0 Å². The first-order valence-electron chi connectivity index (χ1n) is 16.5. The SMILES string of the molecule is c1ccc(-c2ccc(CCCCc3ccc4c(c3)C3(c5ccccc5Oc5ccccc53)c3ccc5ccccc5c3-4)cc2)cc1. The zero-order chi connectivity index (χ0) is 30.5. The highest BCUT2D eigenvalue weighted by Gasteiger charge is 2.51. The van der Waals surface area contributed by atoms with Crippen molar-refractivity contribution in [1.29, 1.82) is 0 Å². The Kier molecular flexibility index (Phi) is 6.38. The molecule has 0 amide bonds. The van der Waals surface area contributed by atoms with E-state index in [0.717, 1.165) is 37.2 Å². The van der Waals surface area contributed by atoms with Crippen molar-refractivity contribution in [2.24, 2.45) is 0 Å². The number of hydrogen-bond acceptors (Lipinski definition) is 1. The van der Waals surface area contributed by atoms with Gasteiger partial charge in [-0.05, 0) is 93.1 Å². The molecule has 1 nitrogen and oxygen atoms in total. The van der Waals surface area contributed by atoms with Crippen LogP contribution in [0.3, 0.4) is 0 Å². The topological polar surface area (TPSA) is 9.23 Å². The maximum absolute atomic E-state index is 6.57. The number of aryl methyl sites for hydroxylation is 2. The third-order valence-corrected chi connectivity index (χ3v) is 10.1. The van der Waals surface area contributed by atoms with Gasteiger partial charge in [-0.25, -0.2) is 0 Å². The lowest BCUT2D eigenvalue weighted by molar-refractivity contribution is 0.436. The van der Waals surface area contributed by atoms with Crippen molar-refractivity contribution in [1.82, 2.24) is 0 Å². The molecular formula is C45H34O. The smallest absolute Gasteiger partial charge is 0.132 e. The maximum Gasteiger partial charge on any atom is 0.132 e. The predicted octanol–water partition coefficient (Wildman–Crippen LogP) is 11.5. The molecule has 7 aromatic carbocycles. The van der Waals surface area contributed by atoms with Crippen LogP contribution >= 0.6 is 0 Å².